The summed E-state index contributed by atoms with van der Waals surface area (Å²) in [6.45, 7) is 2.00. The smallest absolute Gasteiger partial charge is 0.0439 e. The molecule has 1 rings (SSSR count). The highest BCUT2D eigenvalue weighted by Gasteiger charge is 1.79. The molecule has 0 unspecified atom stereocenters. The summed E-state index contributed by atoms with van der Waals surface area (Å²) in [5.74, 6) is 11.3. The van der Waals surface area contributed by atoms with E-state index < -0.39 is 0 Å². The largest absolute Gasteiger partial charge is 0.263 e. The molecule has 0 radical (unpaired) electrons. The molecule has 1 aromatic heterocycles. The molecule has 1 aromatic rings. The molecule has 0 aliphatic carbocycles. The maximum Gasteiger partial charge on any atom is 0.0439 e. The maximum atomic E-state index is 3.93. The molecule has 58 valence electrons. The van der Waals surface area contributed by atoms with Crippen LogP contribution in [0.1, 0.15) is 18.9 Å². The average Bonchev–Trinajstić information content (AvgIpc) is 2.14. The Labute approximate surface area is 72.8 Å². The van der Waals surface area contributed by atoms with Crippen LogP contribution in [0.4, 0.5) is 0 Å². The normalized spacial score (nSPS) is 7.42. The summed E-state index contributed by atoms with van der Waals surface area (Å²) < 4.78 is 0. The second kappa shape index (κ2) is 4.99. The fourth-order valence-electron chi connectivity index (χ4n) is 0.673. The van der Waals surface area contributed by atoms with E-state index in [4.69, 9.17) is 0 Å². The highest BCUT2D eigenvalue weighted by Crippen LogP contribution is 1.90. The van der Waals surface area contributed by atoms with Crippen LogP contribution in [-0.4, -0.2) is 4.98 Å². The highest BCUT2D eigenvalue weighted by atomic mass is 14.6. The van der Waals surface area contributed by atoms with Crippen molar-refractivity contribution >= 4 is 0 Å². The lowest BCUT2D eigenvalue weighted by molar-refractivity contribution is 1.28. The summed E-state index contributed by atoms with van der Waals surface area (Å²) in [5, 5.41) is 0. The van der Waals surface area contributed by atoms with Gasteiger partial charge in [-0.2, -0.15) is 0 Å². The van der Waals surface area contributed by atoms with Crippen molar-refractivity contribution in [1.29, 1.82) is 0 Å². The Morgan fingerprint density at radius 2 is 2.33 bits per heavy atom. The van der Waals surface area contributed by atoms with E-state index in [1.54, 1.807) is 12.4 Å². The molecular formula is C11H9N. The summed E-state index contributed by atoms with van der Waals surface area (Å²) in [7, 11) is 0. The van der Waals surface area contributed by atoms with Gasteiger partial charge >= 0.3 is 0 Å². The van der Waals surface area contributed by atoms with Crippen molar-refractivity contribution in [2.75, 3.05) is 0 Å². The van der Waals surface area contributed by atoms with Crippen molar-refractivity contribution in [3.8, 4) is 23.7 Å². The van der Waals surface area contributed by atoms with Crippen LogP contribution in [-0.2, 0) is 0 Å². The first-order chi connectivity index (χ1) is 5.93. The predicted molar refractivity (Wildman–Crippen MR) is 49.2 cm³/mol. The molecule has 0 saturated carbocycles. The van der Waals surface area contributed by atoms with Gasteiger partial charge < -0.3 is 0 Å². The third-order valence-corrected chi connectivity index (χ3v) is 1.20. The van der Waals surface area contributed by atoms with Crippen molar-refractivity contribution < 1.29 is 0 Å². The zero-order chi connectivity index (χ0) is 8.65. The fourth-order valence-corrected chi connectivity index (χ4v) is 0.673. The second-order valence-corrected chi connectivity index (χ2v) is 2.15. The zero-order valence-corrected chi connectivity index (χ0v) is 6.96. The van der Waals surface area contributed by atoms with Gasteiger partial charge in [-0.15, -0.1) is 0 Å². The van der Waals surface area contributed by atoms with E-state index in [0.717, 1.165) is 12.0 Å². The van der Waals surface area contributed by atoms with E-state index in [1.807, 2.05) is 19.1 Å². The molecule has 0 aromatic carbocycles. The number of aromatic nitrogens is 1. The summed E-state index contributed by atoms with van der Waals surface area (Å²) in [6.07, 6.45) is 4.30. The van der Waals surface area contributed by atoms with Gasteiger partial charge in [-0.1, -0.05) is 18.8 Å². The van der Waals surface area contributed by atoms with Crippen LogP contribution in [0, 0.1) is 23.7 Å². The molecule has 0 bridgehead atoms. The Balaban J connectivity index is 2.67. The summed E-state index contributed by atoms with van der Waals surface area (Å²) in [5.41, 5.74) is 0.905. The lowest BCUT2D eigenvalue weighted by Crippen LogP contribution is -1.73. The van der Waals surface area contributed by atoms with Gasteiger partial charge in [0.2, 0.25) is 0 Å². The van der Waals surface area contributed by atoms with Crippen molar-refractivity contribution in [1.82, 2.24) is 4.98 Å². The number of hydrogen-bond acceptors (Lipinski definition) is 1. The molecule has 0 aliphatic heterocycles. The van der Waals surface area contributed by atoms with Crippen molar-refractivity contribution in [2.45, 2.75) is 13.3 Å². The van der Waals surface area contributed by atoms with Gasteiger partial charge in [0.25, 0.3) is 0 Å². The monoisotopic (exact) mass is 155 g/mol. The Kier molecular flexibility index (Phi) is 3.48. The summed E-state index contributed by atoms with van der Waals surface area (Å²) in [6, 6.07) is 3.77. The van der Waals surface area contributed by atoms with Gasteiger partial charge in [0, 0.05) is 24.4 Å². The van der Waals surface area contributed by atoms with E-state index in [-0.39, 0.29) is 0 Å². The molecule has 1 heteroatoms. The van der Waals surface area contributed by atoms with Crippen LogP contribution in [0.3, 0.4) is 0 Å². The molecule has 1 nitrogen and oxygen atoms in total. The minimum Gasteiger partial charge on any atom is -0.263 e. The Hall–Kier alpha value is -1.73. The lowest BCUT2D eigenvalue weighted by Gasteiger charge is -1.82. The zero-order valence-electron chi connectivity index (χ0n) is 6.96. The van der Waals surface area contributed by atoms with E-state index >= 15 is 0 Å². The van der Waals surface area contributed by atoms with Crippen molar-refractivity contribution in [3.05, 3.63) is 30.1 Å². The van der Waals surface area contributed by atoms with Crippen LogP contribution in [0.15, 0.2) is 24.5 Å². The van der Waals surface area contributed by atoms with E-state index in [0.29, 0.717) is 0 Å². The van der Waals surface area contributed by atoms with Gasteiger partial charge in [-0.25, -0.2) is 0 Å². The first-order valence-electron chi connectivity index (χ1n) is 3.82. The van der Waals surface area contributed by atoms with Gasteiger partial charge in [-0.3, -0.25) is 4.98 Å². The number of hydrogen-bond donors (Lipinski definition) is 0. The number of rotatable bonds is 0. The predicted octanol–water partition coefficient (Wildman–Crippen LogP) is 1.85. The van der Waals surface area contributed by atoms with E-state index in [9.17, 15) is 0 Å². The quantitative estimate of drug-likeness (QED) is 0.521. The molecular weight excluding hydrogens is 146 g/mol. The average molecular weight is 155 g/mol. The molecule has 0 atom stereocenters. The molecule has 0 spiro atoms. The van der Waals surface area contributed by atoms with Crippen LogP contribution in [0.5, 0.6) is 0 Å². The highest BCUT2D eigenvalue weighted by molar-refractivity contribution is 5.37. The Bertz CT molecular complexity index is 343. The minimum absolute atomic E-state index is 0.849. The van der Waals surface area contributed by atoms with Crippen molar-refractivity contribution in [2.24, 2.45) is 0 Å². The molecule has 1 heterocycles. The summed E-state index contributed by atoms with van der Waals surface area (Å²) >= 11 is 0. The minimum atomic E-state index is 0.849. The lowest BCUT2D eigenvalue weighted by atomic mass is 10.3. The first-order valence-corrected chi connectivity index (χ1v) is 3.82. The number of nitrogens with zero attached hydrogens (tertiary/aromatic N) is 1. The Morgan fingerprint density at radius 3 is 3.00 bits per heavy atom. The van der Waals surface area contributed by atoms with Gasteiger partial charge in [0.1, 0.15) is 0 Å². The van der Waals surface area contributed by atoms with E-state index in [1.165, 1.54) is 0 Å². The summed E-state index contributed by atoms with van der Waals surface area (Å²) in [4.78, 5) is 3.93. The molecule has 0 N–H and O–H groups in total. The Morgan fingerprint density at radius 1 is 1.42 bits per heavy atom. The molecule has 0 amide bonds. The van der Waals surface area contributed by atoms with Crippen molar-refractivity contribution in [3.63, 3.8) is 0 Å². The van der Waals surface area contributed by atoms with Crippen LogP contribution >= 0.6 is 0 Å². The second-order valence-electron chi connectivity index (χ2n) is 2.15. The van der Waals surface area contributed by atoms with Gasteiger partial charge in [0.05, 0.1) is 0 Å². The third kappa shape index (κ3) is 2.90. The van der Waals surface area contributed by atoms with Crippen LogP contribution in [0.2, 0.25) is 0 Å². The van der Waals surface area contributed by atoms with E-state index in [2.05, 4.69) is 28.7 Å². The molecule has 12 heavy (non-hydrogen) atoms. The molecule has 0 saturated heterocycles. The first kappa shape index (κ1) is 8.37. The van der Waals surface area contributed by atoms with Gasteiger partial charge in [-0.05, 0) is 24.0 Å². The maximum absolute atomic E-state index is 3.93. The van der Waals surface area contributed by atoms with Crippen LogP contribution < -0.4 is 0 Å². The van der Waals surface area contributed by atoms with Crippen LogP contribution in [0.25, 0.3) is 0 Å². The fraction of sp³-hybridized carbons (Fsp3) is 0.182. The standard InChI is InChI=1S/C11H9N/c1-2-3-4-5-7-11-8-6-9-12-10-11/h6,8-10H,2H2,1H3. The SMILES string of the molecule is CCC#CC#Cc1cccnc1. The number of pyridine rings is 1. The third-order valence-electron chi connectivity index (χ3n) is 1.20. The van der Waals surface area contributed by atoms with Gasteiger partial charge in [0.15, 0.2) is 0 Å². The topological polar surface area (TPSA) is 12.9 Å². The molecule has 0 aliphatic rings. The molecule has 0 fully saturated rings.